The molecule has 2 atom stereocenters. The van der Waals surface area contributed by atoms with E-state index in [2.05, 4.69) is 0 Å². The van der Waals surface area contributed by atoms with Crippen molar-refractivity contribution in [3.8, 4) is 0 Å². The molecule has 4 heteroatoms. The summed E-state index contributed by atoms with van der Waals surface area (Å²) in [6.07, 6.45) is 1.36. The number of ketones is 1. The van der Waals surface area contributed by atoms with Crippen molar-refractivity contribution in [2.75, 3.05) is 6.54 Å². The summed E-state index contributed by atoms with van der Waals surface area (Å²) in [5, 5.41) is 9.79. The first-order valence-electron chi connectivity index (χ1n) is 5.72. The minimum atomic E-state index is -0.787. The van der Waals surface area contributed by atoms with Gasteiger partial charge in [-0.3, -0.25) is 9.59 Å². The molecule has 1 saturated heterocycles. The SMILES string of the molecule is CC(=O)[C@@H]1[C@@H](CC(C)(C)O)CCN1C(C)=O. The molecule has 1 heterocycles. The Bertz CT molecular complexity index is 293. The zero-order valence-corrected chi connectivity index (χ0v) is 10.5. The van der Waals surface area contributed by atoms with Gasteiger partial charge in [-0.1, -0.05) is 0 Å². The summed E-state index contributed by atoms with van der Waals surface area (Å²) in [7, 11) is 0. The molecule has 1 rings (SSSR count). The molecule has 0 aromatic carbocycles. The van der Waals surface area contributed by atoms with E-state index >= 15 is 0 Å². The predicted molar refractivity (Wildman–Crippen MR) is 60.9 cm³/mol. The van der Waals surface area contributed by atoms with Gasteiger partial charge in [-0.15, -0.1) is 0 Å². The van der Waals surface area contributed by atoms with Crippen LogP contribution in [-0.4, -0.2) is 39.9 Å². The van der Waals surface area contributed by atoms with Crippen molar-refractivity contribution in [1.82, 2.24) is 4.90 Å². The minimum absolute atomic E-state index is 0.0157. The molecular weight excluding hydrogens is 206 g/mol. The monoisotopic (exact) mass is 227 g/mol. The van der Waals surface area contributed by atoms with E-state index in [0.717, 1.165) is 6.42 Å². The fourth-order valence-electron chi connectivity index (χ4n) is 2.62. The fraction of sp³-hybridized carbons (Fsp3) is 0.833. The van der Waals surface area contributed by atoms with Gasteiger partial charge in [0.15, 0.2) is 5.78 Å². The summed E-state index contributed by atoms with van der Waals surface area (Å²) in [6, 6.07) is -0.344. The minimum Gasteiger partial charge on any atom is -0.390 e. The van der Waals surface area contributed by atoms with Gasteiger partial charge in [0.2, 0.25) is 5.91 Å². The van der Waals surface area contributed by atoms with E-state index in [4.69, 9.17) is 0 Å². The number of nitrogens with zero attached hydrogens (tertiary/aromatic N) is 1. The Morgan fingerprint density at radius 1 is 1.38 bits per heavy atom. The number of rotatable bonds is 3. The van der Waals surface area contributed by atoms with E-state index in [1.807, 2.05) is 0 Å². The molecule has 0 aromatic heterocycles. The third-order valence-electron chi connectivity index (χ3n) is 3.11. The van der Waals surface area contributed by atoms with E-state index in [0.29, 0.717) is 13.0 Å². The predicted octanol–water partition coefficient (Wildman–Crippen LogP) is 0.973. The molecule has 0 unspecified atom stereocenters. The van der Waals surface area contributed by atoms with Crippen LogP contribution in [0.2, 0.25) is 0 Å². The number of Topliss-reactive ketones (excluding diaryl/α,β-unsaturated/α-hetero) is 1. The van der Waals surface area contributed by atoms with Crippen LogP contribution in [0.1, 0.15) is 40.5 Å². The average Bonchev–Trinajstić information content (AvgIpc) is 2.44. The number of hydrogen-bond acceptors (Lipinski definition) is 3. The van der Waals surface area contributed by atoms with Crippen LogP contribution in [0.25, 0.3) is 0 Å². The van der Waals surface area contributed by atoms with Gasteiger partial charge in [0.1, 0.15) is 0 Å². The van der Waals surface area contributed by atoms with Crippen LogP contribution in [-0.2, 0) is 9.59 Å². The standard InChI is InChI=1S/C12H21NO3/c1-8(14)11-10(7-12(3,4)16)5-6-13(11)9(2)15/h10-11,16H,5-7H2,1-4H3/t10-,11-/m1/s1. The topological polar surface area (TPSA) is 57.6 Å². The molecule has 16 heavy (non-hydrogen) atoms. The first-order chi connectivity index (χ1) is 7.22. The first kappa shape index (κ1) is 13.2. The third kappa shape index (κ3) is 3.04. The van der Waals surface area contributed by atoms with Gasteiger partial charge < -0.3 is 10.0 Å². The third-order valence-corrected chi connectivity index (χ3v) is 3.11. The maximum absolute atomic E-state index is 11.6. The second-order valence-electron chi connectivity index (χ2n) is 5.33. The van der Waals surface area contributed by atoms with E-state index in [-0.39, 0.29) is 23.7 Å². The molecule has 4 nitrogen and oxygen atoms in total. The largest absolute Gasteiger partial charge is 0.390 e. The van der Waals surface area contributed by atoms with Crippen molar-refractivity contribution in [3.05, 3.63) is 0 Å². The summed E-state index contributed by atoms with van der Waals surface area (Å²) in [5.41, 5.74) is -0.787. The second kappa shape index (κ2) is 4.53. The number of likely N-dealkylation sites (tertiary alicyclic amines) is 1. The van der Waals surface area contributed by atoms with E-state index in [1.165, 1.54) is 13.8 Å². The quantitative estimate of drug-likeness (QED) is 0.781. The van der Waals surface area contributed by atoms with Crippen LogP contribution in [0.3, 0.4) is 0 Å². The van der Waals surface area contributed by atoms with Gasteiger partial charge in [-0.2, -0.15) is 0 Å². The fourth-order valence-corrected chi connectivity index (χ4v) is 2.62. The van der Waals surface area contributed by atoms with Crippen LogP contribution < -0.4 is 0 Å². The lowest BCUT2D eigenvalue weighted by molar-refractivity contribution is -0.136. The molecule has 1 N–H and O–H groups in total. The molecule has 92 valence electrons. The van der Waals surface area contributed by atoms with E-state index in [1.54, 1.807) is 18.7 Å². The summed E-state index contributed by atoms with van der Waals surface area (Å²) >= 11 is 0. The molecule has 1 amide bonds. The van der Waals surface area contributed by atoms with Crippen LogP contribution in [0.4, 0.5) is 0 Å². The maximum Gasteiger partial charge on any atom is 0.220 e. The van der Waals surface area contributed by atoms with Crippen molar-refractivity contribution in [2.24, 2.45) is 5.92 Å². The summed E-state index contributed by atoms with van der Waals surface area (Å²) in [5.74, 6) is 0.0433. The summed E-state index contributed by atoms with van der Waals surface area (Å²) in [6.45, 7) is 7.10. The average molecular weight is 227 g/mol. The second-order valence-corrected chi connectivity index (χ2v) is 5.33. The van der Waals surface area contributed by atoms with Crippen molar-refractivity contribution >= 4 is 11.7 Å². The Morgan fingerprint density at radius 2 is 1.94 bits per heavy atom. The Morgan fingerprint density at radius 3 is 2.31 bits per heavy atom. The van der Waals surface area contributed by atoms with Gasteiger partial charge in [-0.05, 0) is 39.5 Å². The molecule has 0 aromatic rings. The van der Waals surface area contributed by atoms with Crippen LogP contribution in [0, 0.1) is 5.92 Å². The molecule has 1 aliphatic heterocycles. The lowest BCUT2D eigenvalue weighted by Crippen LogP contribution is -2.42. The van der Waals surface area contributed by atoms with Crippen LogP contribution >= 0.6 is 0 Å². The highest BCUT2D eigenvalue weighted by Crippen LogP contribution is 2.31. The Labute approximate surface area is 96.6 Å². The summed E-state index contributed by atoms with van der Waals surface area (Å²) in [4.78, 5) is 24.6. The lowest BCUT2D eigenvalue weighted by Gasteiger charge is -2.28. The Hall–Kier alpha value is -0.900. The molecule has 0 spiro atoms. The van der Waals surface area contributed by atoms with E-state index in [9.17, 15) is 14.7 Å². The lowest BCUT2D eigenvalue weighted by atomic mass is 9.86. The zero-order valence-electron chi connectivity index (χ0n) is 10.5. The molecule has 0 radical (unpaired) electrons. The van der Waals surface area contributed by atoms with Crippen molar-refractivity contribution in [3.63, 3.8) is 0 Å². The normalized spacial score (nSPS) is 25.9. The zero-order chi connectivity index (χ0) is 12.5. The highest BCUT2D eigenvalue weighted by atomic mass is 16.3. The van der Waals surface area contributed by atoms with Crippen molar-refractivity contribution in [2.45, 2.75) is 52.2 Å². The number of carbonyl (C=O) groups excluding carboxylic acids is 2. The van der Waals surface area contributed by atoms with Gasteiger partial charge in [0.05, 0.1) is 11.6 Å². The van der Waals surface area contributed by atoms with E-state index < -0.39 is 5.60 Å². The maximum atomic E-state index is 11.6. The number of hydrogen-bond donors (Lipinski definition) is 1. The van der Waals surface area contributed by atoms with Gasteiger partial charge in [-0.25, -0.2) is 0 Å². The number of aliphatic hydroxyl groups is 1. The van der Waals surface area contributed by atoms with Gasteiger partial charge in [0, 0.05) is 13.5 Å². The van der Waals surface area contributed by atoms with Crippen LogP contribution in [0.15, 0.2) is 0 Å². The molecule has 0 saturated carbocycles. The smallest absolute Gasteiger partial charge is 0.220 e. The molecular formula is C12H21NO3. The van der Waals surface area contributed by atoms with Gasteiger partial charge in [0.25, 0.3) is 0 Å². The molecule has 0 aliphatic carbocycles. The van der Waals surface area contributed by atoms with Crippen molar-refractivity contribution < 1.29 is 14.7 Å². The molecule has 1 fully saturated rings. The van der Waals surface area contributed by atoms with Crippen LogP contribution in [0.5, 0.6) is 0 Å². The van der Waals surface area contributed by atoms with Gasteiger partial charge >= 0.3 is 0 Å². The Balaban J connectivity index is 2.80. The number of amides is 1. The number of carbonyl (C=O) groups is 2. The van der Waals surface area contributed by atoms with Crippen molar-refractivity contribution in [1.29, 1.82) is 0 Å². The highest BCUT2D eigenvalue weighted by molar-refractivity contribution is 5.87. The molecule has 1 aliphatic rings. The molecule has 0 bridgehead atoms. The summed E-state index contributed by atoms with van der Waals surface area (Å²) < 4.78 is 0. The Kier molecular flexibility index (Phi) is 3.73. The highest BCUT2D eigenvalue weighted by Gasteiger charge is 2.40. The first-order valence-corrected chi connectivity index (χ1v) is 5.72.